The van der Waals surface area contributed by atoms with Crippen molar-refractivity contribution in [2.24, 2.45) is 0 Å². The van der Waals surface area contributed by atoms with Gasteiger partial charge in [0.15, 0.2) is 0 Å². The molecule has 0 saturated carbocycles. The normalized spacial score (nSPS) is 11.7. The van der Waals surface area contributed by atoms with E-state index in [2.05, 4.69) is 10.3 Å². The summed E-state index contributed by atoms with van der Waals surface area (Å²) >= 11 is 0. The monoisotopic (exact) mass is 228 g/mol. The minimum Gasteiger partial charge on any atom is -0.508 e. The smallest absolute Gasteiger partial charge is 0.508 e. The van der Waals surface area contributed by atoms with Crippen LogP contribution in [0.25, 0.3) is 5.69 Å². The number of halogens is 3. The third-order valence-electron chi connectivity index (χ3n) is 1.96. The van der Waals surface area contributed by atoms with Crippen LogP contribution in [0.3, 0.4) is 0 Å². The lowest BCUT2D eigenvalue weighted by Crippen LogP contribution is -2.35. The zero-order valence-electron chi connectivity index (χ0n) is 7.89. The fourth-order valence-electron chi connectivity index (χ4n) is 1.16. The van der Waals surface area contributed by atoms with Crippen LogP contribution >= 0.6 is 0 Å². The van der Waals surface area contributed by atoms with E-state index in [1.54, 1.807) is 0 Å². The van der Waals surface area contributed by atoms with Gasteiger partial charge in [-0.2, -0.15) is 5.10 Å². The van der Waals surface area contributed by atoms with Gasteiger partial charge in [0.1, 0.15) is 5.75 Å². The summed E-state index contributed by atoms with van der Waals surface area (Å²) < 4.78 is 37.9. The Morgan fingerprint density at radius 3 is 2.25 bits per heavy atom. The lowest BCUT2D eigenvalue weighted by molar-refractivity contribution is 0.475. The van der Waals surface area contributed by atoms with E-state index < -0.39 is 12.6 Å². The van der Waals surface area contributed by atoms with Crippen molar-refractivity contribution in [1.82, 2.24) is 15.0 Å². The van der Waals surface area contributed by atoms with E-state index >= 15 is 0 Å². The standard InChI is InChI=1S/C8H6BF3N3O/c10-9(11,12)8-5-15(14-13-8)6-1-3-7(16)4-2-6/h1-5,16H/q-1. The fraction of sp³-hybridized carbons (Fsp3) is 0. The van der Waals surface area contributed by atoms with Gasteiger partial charge in [-0.15, -0.1) is 0 Å². The Kier molecular flexibility index (Phi) is 2.33. The maximum Gasteiger partial charge on any atom is 0.531 e. The average Bonchev–Trinajstić information content (AvgIpc) is 2.67. The Balaban J connectivity index is 2.35. The van der Waals surface area contributed by atoms with Gasteiger partial charge in [0.2, 0.25) is 0 Å². The molecular weight excluding hydrogens is 222 g/mol. The van der Waals surface area contributed by atoms with Crippen molar-refractivity contribution in [3.05, 3.63) is 30.5 Å². The Morgan fingerprint density at radius 2 is 1.75 bits per heavy atom. The summed E-state index contributed by atoms with van der Waals surface area (Å²) in [6.45, 7) is -5.13. The maximum absolute atomic E-state index is 12.3. The first-order valence-corrected chi connectivity index (χ1v) is 4.38. The second kappa shape index (κ2) is 3.55. The Morgan fingerprint density at radius 1 is 1.12 bits per heavy atom. The molecule has 1 aromatic carbocycles. The van der Waals surface area contributed by atoms with Crippen molar-refractivity contribution in [2.45, 2.75) is 0 Å². The number of aromatic hydroxyl groups is 1. The first kappa shape index (κ1) is 10.5. The summed E-state index contributed by atoms with van der Waals surface area (Å²) in [6, 6.07) is 5.60. The molecule has 1 aromatic heterocycles. The fourth-order valence-corrected chi connectivity index (χ4v) is 1.16. The molecule has 0 aliphatic carbocycles. The van der Waals surface area contributed by atoms with Gasteiger partial charge in [0, 0.05) is 11.8 Å². The zero-order chi connectivity index (χ0) is 11.8. The van der Waals surface area contributed by atoms with Crippen molar-refractivity contribution < 1.29 is 18.1 Å². The van der Waals surface area contributed by atoms with Crippen LogP contribution in [0.5, 0.6) is 5.75 Å². The molecule has 0 spiro atoms. The van der Waals surface area contributed by atoms with Crippen LogP contribution in [-0.4, -0.2) is 27.1 Å². The van der Waals surface area contributed by atoms with Crippen LogP contribution in [0.15, 0.2) is 30.5 Å². The molecule has 0 amide bonds. The highest BCUT2D eigenvalue weighted by Gasteiger charge is 2.29. The molecule has 1 heterocycles. The van der Waals surface area contributed by atoms with Crippen molar-refractivity contribution in [3.63, 3.8) is 0 Å². The Bertz CT molecular complexity index is 494. The highest BCUT2D eigenvalue weighted by Crippen LogP contribution is 2.13. The van der Waals surface area contributed by atoms with Crippen LogP contribution in [0.4, 0.5) is 12.9 Å². The summed E-state index contributed by atoms with van der Waals surface area (Å²) in [7, 11) is 0. The number of hydrogen-bond donors (Lipinski definition) is 1. The number of benzene rings is 1. The summed E-state index contributed by atoms with van der Waals surface area (Å²) in [6.07, 6.45) is 0.812. The number of rotatable bonds is 2. The number of phenols is 1. The zero-order valence-corrected chi connectivity index (χ0v) is 7.89. The molecule has 0 bridgehead atoms. The average molecular weight is 228 g/mol. The largest absolute Gasteiger partial charge is 0.531 e. The quantitative estimate of drug-likeness (QED) is 0.780. The topological polar surface area (TPSA) is 50.9 Å². The van der Waals surface area contributed by atoms with Gasteiger partial charge in [0.25, 0.3) is 0 Å². The van der Waals surface area contributed by atoms with Gasteiger partial charge in [-0.05, 0) is 24.3 Å². The molecule has 1 N–H and O–H groups in total. The number of nitrogens with zero attached hydrogens (tertiary/aromatic N) is 3. The van der Waals surface area contributed by atoms with Gasteiger partial charge in [-0.25, -0.2) is 4.68 Å². The maximum atomic E-state index is 12.3. The van der Waals surface area contributed by atoms with E-state index in [4.69, 9.17) is 5.11 Å². The van der Waals surface area contributed by atoms with Gasteiger partial charge in [-0.3, -0.25) is 0 Å². The third-order valence-corrected chi connectivity index (χ3v) is 1.96. The second-order valence-electron chi connectivity index (χ2n) is 3.18. The summed E-state index contributed by atoms with van der Waals surface area (Å²) in [5.41, 5.74) is -0.593. The molecular formula is C8H6BF3N3O-. The van der Waals surface area contributed by atoms with Gasteiger partial charge in [0.05, 0.1) is 5.69 Å². The predicted octanol–water partition coefficient (Wildman–Crippen LogP) is 1.03. The van der Waals surface area contributed by atoms with E-state index in [0.29, 0.717) is 5.69 Å². The molecule has 2 rings (SSSR count). The molecule has 2 aromatic rings. The van der Waals surface area contributed by atoms with Crippen LogP contribution in [0, 0.1) is 0 Å². The first-order chi connectivity index (χ1) is 7.47. The van der Waals surface area contributed by atoms with Crippen LogP contribution in [-0.2, 0) is 0 Å². The number of phenolic OH excluding ortho intramolecular Hbond substituents is 1. The highest BCUT2D eigenvalue weighted by molar-refractivity contribution is 6.72. The molecule has 0 fully saturated rings. The van der Waals surface area contributed by atoms with E-state index in [1.165, 1.54) is 24.3 Å². The highest BCUT2D eigenvalue weighted by atomic mass is 19.4. The molecule has 84 valence electrons. The minimum atomic E-state index is -5.13. The lowest BCUT2D eigenvalue weighted by Gasteiger charge is -2.08. The van der Waals surface area contributed by atoms with E-state index in [-0.39, 0.29) is 5.75 Å². The van der Waals surface area contributed by atoms with Gasteiger partial charge in [-0.1, -0.05) is 5.21 Å². The van der Waals surface area contributed by atoms with Crippen LogP contribution in [0.1, 0.15) is 0 Å². The van der Waals surface area contributed by atoms with E-state index in [1.807, 2.05) is 0 Å². The number of aromatic nitrogens is 3. The summed E-state index contributed by atoms with van der Waals surface area (Å²) in [5.74, 6) is 0.0316. The van der Waals surface area contributed by atoms with Crippen molar-refractivity contribution in [3.8, 4) is 11.4 Å². The van der Waals surface area contributed by atoms with Crippen LogP contribution in [0.2, 0.25) is 0 Å². The molecule has 0 saturated heterocycles. The Hall–Kier alpha value is -1.99. The van der Waals surface area contributed by atoms with Crippen molar-refractivity contribution in [1.29, 1.82) is 0 Å². The molecule has 0 aliphatic rings. The third kappa shape index (κ3) is 2.00. The molecule has 0 unspecified atom stereocenters. The first-order valence-electron chi connectivity index (χ1n) is 4.38. The molecule has 8 heteroatoms. The second-order valence-corrected chi connectivity index (χ2v) is 3.18. The Labute approximate surface area is 88.4 Å². The molecule has 0 radical (unpaired) electrons. The predicted molar refractivity (Wildman–Crippen MR) is 51.7 cm³/mol. The van der Waals surface area contributed by atoms with Crippen molar-refractivity contribution in [2.75, 3.05) is 0 Å². The molecule has 0 aliphatic heterocycles. The van der Waals surface area contributed by atoms with Gasteiger partial charge >= 0.3 is 6.98 Å². The summed E-state index contributed by atoms with van der Waals surface area (Å²) in [4.78, 5) is 0. The van der Waals surface area contributed by atoms with Gasteiger partial charge < -0.3 is 18.1 Å². The molecule has 4 nitrogen and oxygen atoms in total. The SMILES string of the molecule is Oc1ccc(-n2cc([B-](F)(F)F)nn2)cc1. The molecule has 16 heavy (non-hydrogen) atoms. The van der Waals surface area contributed by atoms with E-state index in [9.17, 15) is 12.9 Å². The molecule has 0 atom stereocenters. The lowest BCUT2D eigenvalue weighted by atomic mass is 9.87. The van der Waals surface area contributed by atoms with E-state index in [0.717, 1.165) is 10.9 Å². The van der Waals surface area contributed by atoms with Crippen LogP contribution < -0.4 is 5.59 Å². The summed E-state index contributed by atoms with van der Waals surface area (Å²) in [5, 5.41) is 15.4. The minimum absolute atomic E-state index is 0.0316. The van der Waals surface area contributed by atoms with Crippen molar-refractivity contribution >= 4 is 12.6 Å². The number of hydrogen-bond acceptors (Lipinski definition) is 3.